The summed E-state index contributed by atoms with van der Waals surface area (Å²) in [5, 5.41) is 12.7. The molecule has 0 amide bonds. The highest BCUT2D eigenvalue weighted by Gasteiger charge is 2.38. The van der Waals surface area contributed by atoms with Crippen LogP contribution in [0, 0.1) is 17.2 Å². The molecule has 2 aromatic rings. The molecule has 1 aliphatic heterocycles. The van der Waals surface area contributed by atoms with Gasteiger partial charge in [-0.1, -0.05) is 42.5 Å². The molecule has 2 fully saturated rings. The van der Waals surface area contributed by atoms with E-state index in [9.17, 15) is 0 Å². The minimum absolute atomic E-state index is 0.675. The standard InChI is InChI=1S/C21H23N3/c22-11-16-5-4-6-17(9-16)13-24-14-18(15-24)12-23-21-10-20(21)19-7-2-1-3-8-19/h1-9,18,20-21,23H,10,12-15H2. The van der Waals surface area contributed by atoms with E-state index >= 15 is 0 Å². The van der Waals surface area contributed by atoms with E-state index in [0.29, 0.717) is 6.04 Å². The topological polar surface area (TPSA) is 39.1 Å². The molecule has 1 aliphatic carbocycles. The number of likely N-dealkylation sites (tertiary alicyclic amines) is 1. The average Bonchev–Trinajstić information content (AvgIpc) is 3.37. The summed E-state index contributed by atoms with van der Waals surface area (Å²) in [7, 11) is 0. The maximum Gasteiger partial charge on any atom is 0.0991 e. The van der Waals surface area contributed by atoms with Crippen LogP contribution in [0.4, 0.5) is 0 Å². The Bertz CT molecular complexity index is 728. The molecule has 0 aromatic heterocycles. The minimum Gasteiger partial charge on any atom is -0.313 e. The van der Waals surface area contributed by atoms with Crippen LogP contribution in [-0.4, -0.2) is 30.6 Å². The lowest BCUT2D eigenvalue weighted by atomic mass is 9.98. The highest BCUT2D eigenvalue weighted by Crippen LogP contribution is 2.40. The van der Waals surface area contributed by atoms with E-state index in [-0.39, 0.29) is 0 Å². The zero-order valence-corrected chi connectivity index (χ0v) is 13.9. The first-order valence-electron chi connectivity index (χ1n) is 8.81. The molecule has 2 atom stereocenters. The van der Waals surface area contributed by atoms with Crippen LogP contribution in [0.1, 0.15) is 29.0 Å². The predicted octanol–water partition coefficient (Wildman–Crippen LogP) is 3.14. The van der Waals surface area contributed by atoms with Gasteiger partial charge in [-0.05, 0) is 35.6 Å². The summed E-state index contributed by atoms with van der Waals surface area (Å²) in [6, 6.07) is 21.7. The Morgan fingerprint density at radius 3 is 2.71 bits per heavy atom. The number of hydrogen-bond acceptors (Lipinski definition) is 3. The van der Waals surface area contributed by atoms with Crippen LogP contribution in [0.3, 0.4) is 0 Å². The Morgan fingerprint density at radius 1 is 1.08 bits per heavy atom. The van der Waals surface area contributed by atoms with Crippen LogP contribution >= 0.6 is 0 Å². The fraction of sp³-hybridized carbons (Fsp3) is 0.381. The molecule has 1 saturated carbocycles. The highest BCUT2D eigenvalue weighted by molar-refractivity contribution is 5.32. The van der Waals surface area contributed by atoms with Gasteiger partial charge in [-0.25, -0.2) is 0 Å². The Morgan fingerprint density at radius 2 is 1.92 bits per heavy atom. The lowest BCUT2D eigenvalue weighted by molar-refractivity contribution is 0.0914. The van der Waals surface area contributed by atoms with Crippen molar-refractivity contribution in [2.75, 3.05) is 19.6 Å². The fourth-order valence-electron chi connectivity index (χ4n) is 3.74. The Hall–Kier alpha value is -2.15. The molecule has 0 bridgehead atoms. The van der Waals surface area contributed by atoms with Gasteiger partial charge >= 0.3 is 0 Å². The molecule has 2 aromatic carbocycles. The van der Waals surface area contributed by atoms with Gasteiger partial charge < -0.3 is 5.32 Å². The van der Waals surface area contributed by atoms with E-state index in [1.807, 2.05) is 18.2 Å². The molecule has 0 spiro atoms. The second-order valence-corrected chi connectivity index (χ2v) is 7.14. The van der Waals surface area contributed by atoms with Gasteiger partial charge in [0.1, 0.15) is 0 Å². The van der Waals surface area contributed by atoms with E-state index in [4.69, 9.17) is 5.26 Å². The third-order valence-corrected chi connectivity index (χ3v) is 5.18. The predicted molar refractivity (Wildman–Crippen MR) is 95.5 cm³/mol. The maximum absolute atomic E-state index is 8.97. The number of benzene rings is 2. The van der Waals surface area contributed by atoms with E-state index in [1.165, 1.54) is 17.5 Å². The van der Waals surface area contributed by atoms with Gasteiger partial charge in [0.25, 0.3) is 0 Å². The van der Waals surface area contributed by atoms with Crippen molar-refractivity contribution in [3.8, 4) is 6.07 Å². The molecule has 0 radical (unpaired) electrons. The van der Waals surface area contributed by atoms with Gasteiger partial charge in [-0.3, -0.25) is 4.90 Å². The Labute approximate surface area is 143 Å². The number of rotatable bonds is 6. The van der Waals surface area contributed by atoms with Crippen LogP contribution < -0.4 is 5.32 Å². The van der Waals surface area contributed by atoms with Crippen LogP contribution in [0.2, 0.25) is 0 Å². The first-order valence-corrected chi connectivity index (χ1v) is 8.81. The van der Waals surface area contributed by atoms with Crippen molar-refractivity contribution in [2.24, 2.45) is 5.92 Å². The molecule has 2 aliphatic rings. The molecule has 1 N–H and O–H groups in total. The molecule has 122 valence electrons. The van der Waals surface area contributed by atoms with Gasteiger partial charge in [-0.15, -0.1) is 0 Å². The molecule has 1 saturated heterocycles. The van der Waals surface area contributed by atoms with E-state index in [1.54, 1.807) is 0 Å². The summed E-state index contributed by atoms with van der Waals surface area (Å²) in [5.74, 6) is 1.48. The summed E-state index contributed by atoms with van der Waals surface area (Å²) in [6.07, 6.45) is 1.28. The molecule has 4 rings (SSSR count). The largest absolute Gasteiger partial charge is 0.313 e. The van der Waals surface area contributed by atoms with Crippen LogP contribution in [0.25, 0.3) is 0 Å². The van der Waals surface area contributed by atoms with Gasteiger partial charge in [0.2, 0.25) is 0 Å². The second-order valence-electron chi connectivity index (χ2n) is 7.14. The SMILES string of the molecule is N#Cc1cccc(CN2CC(CNC3CC3c3ccccc3)C2)c1. The van der Waals surface area contributed by atoms with Gasteiger partial charge in [0.05, 0.1) is 11.6 Å². The van der Waals surface area contributed by atoms with Crippen LogP contribution in [-0.2, 0) is 6.54 Å². The quantitative estimate of drug-likeness (QED) is 0.889. The van der Waals surface area contributed by atoms with Crippen molar-refractivity contribution in [1.29, 1.82) is 5.26 Å². The Kier molecular flexibility index (Phi) is 4.34. The molecular weight excluding hydrogens is 294 g/mol. The number of nitrogens with one attached hydrogen (secondary N) is 1. The van der Waals surface area contributed by atoms with Crippen molar-refractivity contribution in [2.45, 2.75) is 24.9 Å². The van der Waals surface area contributed by atoms with Crippen LogP contribution in [0.15, 0.2) is 54.6 Å². The molecule has 1 heterocycles. The van der Waals surface area contributed by atoms with Gasteiger partial charge in [0.15, 0.2) is 0 Å². The van der Waals surface area contributed by atoms with Crippen molar-refractivity contribution >= 4 is 0 Å². The monoisotopic (exact) mass is 317 g/mol. The summed E-state index contributed by atoms with van der Waals surface area (Å²) in [5.41, 5.74) is 3.47. The van der Waals surface area contributed by atoms with Crippen molar-refractivity contribution in [1.82, 2.24) is 10.2 Å². The first-order chi connectivity index (χ1) is 11.8. The third-order valence-electron chi connectivity index (χ3n) is 5.18. The molecule has 2 unspecified atom stereocenters. The molecular formula is C21H23N3. The Balaban J connectivity index is 1.17. The smallest absolute Gasteiger partial charge is 0.0991 e. The summed E-state index contributed by atoms with van der Waals surface area (Å²) in [6.45, 7) is 4.41. The number of hydrogen-bond donors (Lipinski definition) is 1. The van der Waals surface area contributed by atoms with E-state index < -0.39 is 0 Å². The number of nitriles is 1. The summed E-state index contributed by atoms with van der Waals surface area (Å²) < 4.78 is 0. The number of nitrogens with zero attached hydrogens (tertiary/aromatic N) is 2. The normalized spacial score (nSPS) is 23.5. The zero-order valence-electron chi connectivity index (χ0n) is 13.9. The van der Waals surface area contributed by atoms with Crippen LogP contribution in [0.5, 0.6) is 0 Å². The van der Waals surface area contributed by atoms with Gasteiger partial charge in [0, 0.05) is 38.1 Å². The average molecular weight is 317 g/mol. The summed E-state index contributed by atoms with van der Waals surface area (Å²) >= 11 is 0. The zero-order chi connectivity index (χ0) is 16.4. The third kappa shape index (κ3) is 3.51. The maximum atomic E-state index is 8.97. The van der Waals surface area contributed by atoms with E-state index in [0.717, 1.165) is 43.6 Å². The van der Waals surface area contributed by atoms with E-state index in [2.05, 4.69) is 52.7 Å². The van der Waals surface area contributed by atoms with Crippen molar-refractivity contribution < 1.29 is 0 Å². The highest BCUT2D eigenvalue weighted by atomic mass is 15.2. The summed E-state index contributed by atoms with van der Waals surface area (Å²) in [4.78, 5) is 2.46. The molecule has 3 heteroatoms. The molecule has 24 heavy (non-hydrogen) atoms. The van der Waals surface area contributed by atoms with Crippen molar-refractivity contribution in [3.63, 3.8) is 0 Å². The first kappa shape index (κ1) is 15.4. The molecule has 3 nitrogen and oxygen atoms in total. The second kappa shape index (κ2) is 6.76. The van der Waals surface area contributed by atoms with Gasteiger partial charge in [-0.2, -0.15) is 5.26 Å². The fourth-order valence-corrected chi connectivity index (χ4v) is 3.74. The lowest BCUT2D eigenvalue weighted by Crippen LogP contribution is -2.50. The lowest BCUT2D eigenvalue weighted by Gasteiger charge is -2.39. The minimum atomic E-state index is 0.675. The van der Waals surface area contributed by atoms with Crippen molar-refractivity contribution in [3.05, 3.63) is 71.3 Å².